The van der Waals surface area contributed by atoms with E-state index >= 15 is 0 Å². The van der Waals surface area contributed by atoms with Crippen molar-refractivity contribution in [2.75, 3.05) is 24.3 Å². The Kier molecular flexibility index (Phi) is 6.87. The highest BCUT2D eigenvalue weighted by Gasteiger charge is 2.16. The fraction of sp³-hybridized carbons (Fsp3) is 0.231. The zero-order valence-corrected chi connectivity index (χ0v) is 19.8. The van der Waals surface area contributed by atoms with Gasteiger partial charge in [-0.25, -0.2) is 4.99 Å². The van der Waals surface area contributed by atoms with Gasteiger partial charge in [0, 0.05) is 29.7 Å². The van der Waals surface area contributed by atoms with E-state index in [9.17, 15) is 0 Å². The number of aryl methyl sites for hydroxylation is 2. The summed E-state index contributed by atoms with van der Waals surface area (Å²) < 4.78 is 11.5. The average molecular weight is 457 g/mol. The molecule has 1 unspecified atom stereocenters. The molecule has 0 aliphatic carbocycles. The van der Waals surface area contributed by atoms with E-state index in [1.165, 1.54) is 0 Å². The second-order valence-corrected chi connectivity index (χ2v) is 8.02. The zero-order valence-electron chi connectivity index (χ0n) is 19.8. The van der Waals surface area contributed by atoms with E-state index in [0.29, 0.717) is 29.9 Å². The number of nitrogens with zero attached hydrogens (tertiary/aromatic N) is 4. The van der Waals surface area contributed by atoms with Crippen LogP contribution >= 0.6 is 0 Å². The van der Waals surface area contributed by atoms with Crippen molar-refractivity contribution in [2.24, 2.45) is 15.0 Å². The molecule has 2 heterocycles. The van der Waals surface area contributed by atoms with Crippen molar-refractivity contribution >= 4 is 35.6 Å². The van der Waals surface area contributed by atoms with Gasteiger partial charge in [0.15, 0.2) is 0 Å². The summed E-state index contributed by atoms with van der Waals surface area (Å²) in [7, 11) is 1.73. The highest BCUT2D eigenvalue weighted by Crippen LogP contribution is 2.29. The van der Waals surface area contributed by atoms with E-state index in [2.05, 4.69) is 37.3 Å². The summed E-state index contributed by atoms with van der Waals surface area (Å²) in [6, 6.07) is 16.1. The van der Waals surface area contributed by atoms with Gasteiger partial charge in [-0.3, -0.25) is 15.0 Å². The molecule has 0 bridgehead atoms. The monoisotopic (exact) mass is 456 g/mol. The molecule has 4 rings (SSSR count). The largest absolute Gasteiger partial charge is 0.463 e. The maximum atomic E-state index is 5.98. The molecule has 1 aliphatic rings. The SMILES string of the molecule is C=Nc1ccc(NC2=NC(C)CO2)cc1/C(=N\C)Nc1ccc(Oc2ccc(C)nc2)c(C)c1. The van der Waals surface area contributed by atoms with E-state index in [-0.39, 0.29) is 6.04 Å². The third-order valence-electron chi connectivity index (χ3n) is 5.25. The lowest BCUT2D eigenvalue weighted by atomic mass is 10.1. The second kappa shape index (κ2) is 10.2. The molecule has 1 atom stereocenters. The van der Waals surface area contributed by atoms with Gasteiger partial charge < -0.3 is 20.1 Å². The lowest BCUT2D eigenvalue weighted by molar-refractivity contribution is 0.322. The van der Waals surface area contributed by atoms with Crippen LogP contribution in [0.15, 0.2) is 69.7 Å². The van der Waals surface area contributed by atoms with Crippen LogP contribution < -0.4 is 15.4 Å². The Bertz CT molecular complexity index is 1250. The van der Waals surface area contributed by atoms with Crippen molar-refractivity contribution in [1.29, 1.82) is 0 Å². The summed E-state index contributed by atoms with van der Waals surface area (Å²) in [6.07, 6.45) is 1.72. The van der Waals surface area contributed by atoms with E-state index in [4.69, 9.17) is 9.47 Å². The summed E-state index contributed by atoms with van der Waals surface area (Å²) in [5, 5.41) is 6.60. The summed E-state index contributed by atoms with van der Waals surface area (Å²) in [6.45, 7) is 10.2. The average Bonchev–Trinajstić information content (AvgIpc) is 3.25. The van der Waals surface area contributed by atoms with E-state index in [0.717, 1.165) is 33.9 Å². The maximum absolute atomic E-state index is 5.98. The molecular formula is C26H28N6O2. The van der Waals surface area contributed by atoms with Crippen LogP contribution in [-0.4, -0.2) is 43.3 Å². The van der Waals surface area contributed by atoms with Gasteiger partial charge in [0.1, 0.15) is 23.9 Å². The van der Waals surface area contributed by atoms with Gasteiger partial charge in [0.2, 0.25) is 0 Å². The van der Waals surface area contributed by atoms with Gasteiger partial charge in [-0.1, -0.05) is 0 Å². The lowest BCUT2D eigenvalue weighted by Crippen LogP contribution is -2.16. The number of anilines is 2. The Morgan fingerprint density at radius 3 is 2.59 bits per heavy atom. The first-order valence-corrected chi connectivity index (χ1v) is 11.0. The first-order valence-electron chi connectivity index (χ1n) is 11.0. The number of aliphatic imine (C=N–C) groups is 3. The van der Waals surface area contributed by atoms with Gasteiger partial charge in [-0.05, 0) is 81.6 Å². The van der Waals surface area contributed by atoms with Crippen LogP contribution in [0.25, 0.3) is 0 Å². The van der Waals surface area contributed by atoms with Crippen molar-refractivity contribution in [3.8, 4) is 11.5 Å². The first-order chi connectivity index (χ1) is 16.4. The fourth-order valence-electron chi connectivity index (χ4n) is 3.47. The van der Waals surface area contributed by atoms with Gasteiger partial charge >= 0.3 is 0 Å². The van der Waals surface area contributed by atoms with E-state index < -0.39 is 0 Å². The highest BCUT2D eigenvalue weighted by molar-refractivity contribution is 6.12. The van der Waals surface area contributed by atoms with E-state index in [1.54, 1.807) is 13.2 Å². The molecule has 0 saturated heterocycles. The Labute approximate surface area is 199 Å². The number of rotatable bonds is 6. The van der Waals surface area contributed by atoms with Gasteiger partial charge in [-0.15, -0.1) is 0 Å². The molecule has 1 aromatic heterocycles. The molecule has 0 amide bonds. The number of benzene rings is 2. The molecule has 34 heavy (non-hydrogen) atoms. The third-order valence-corrected chi connectivity index (χ3v) is 5.25. The van der Waals surface area contributed by atoms with Gasteiger partial charge in [0.05, 0.1) is 17.9 Å². The quantitative estimate of drug-likeness (QED) is 0.378. The van der Waals surface area contributed by atoms with E-state index in [1.807, 2.05) is 69.3 Å². The standard InChI is InChI=1S/C26H28N6O2/c1-16-12-19(8-11-24(16)34-21-9-6-17(2)29-14-21)31-25(28-5)22-13-20(7-10-23(22)27-4)32-26-30-18(3)15-33-26/h6-14,18H,4,15H2,1-3,5H3,(H,28,31)(H,30,32). The summed E-state index contributed by atoms with van der Waals surface area (Å²) in [5.41, 5.74) is 5.13. The number of ether oxygens (including phenoxy) is 2. The van der Waals surface area contributed by atoms with Crippen LogP contribution in [0.5, 0.6) is 11.5 Å². The molecule has 3 aromatic rings. The van der Waals surface area contributed by atoms with Crippen molar-refractivity contribution in [3.05, 3.63) is 71.5 Å². The van der Waals surface area contributed by atoms with Crippen molar-refractivity contribution in [1.82, 2.24) is 4.98 Å². The third kappa shape index (κ3) is 5.40. The maximum Gasteiger partial charge on any atom is 0.289 e. The van der Waals surface area contributed by atoms with Crippen molar-refractivity contribution < 1.29 is 9.47 Å². The Balaban J connectivity index is 1.54. The van der Waals surface area contributed by atoms with Crippen LogP contribution in [0, 0.1) is 13.8 Å². The smallest absolute Gasteiger partial charge is 0.289 e. The lowest BCUT2D eigenvalue weighted by Gasteiger charge is -2.15. The second-order valence-electron chi connectivity index (χ2n) is 8.02. The number of nitrogens with one attached hydrogen (secondary N) is 2. The Morgan fingerprint density at radius 1 is 1.12 bits per heavy atom. The first kappa shape index (κ1) is 23.0. The number of amidine groups is 2. The number of hydrogen-bond acceptors (Lipinski definition) is 7. The highest BCUT2D eigenvalue weighted by atomic mass is 16.5. The summed E-state index contributed by atoms with van der Waals surface area (Å²) >= 11 is 0. The van der Waals surface area contributed by atoms with Crippen LogP contribution in [0.4, 0.5) is 17.1 Å². The molecule has 174 valence electrons. The molecule has 8 nitrogen and oxygen atoms in total. The number of aromatic nitrogens is 1. The zero-order chi connectivity index (χ0) is 24.1. The van der Waals surface area contributed by atoms with Crippen LogP contribution in [0.2, 0.25) is 0 Å². The van der Waals surface area contributed by atoms with Crippen molar-refractivity contribution in [2.45, 2.75) is 26.8 Å². The minimum atomic E-state index is 0.142. The number of hydrogen-bond donors (Lipinski definition) is 2. The minimum absolute atomic E-state index is 0.142. The van der Waals surface area contributed by atoms with Crippen molar-refractivity contribution in [3.63, 3.8) is 0 Å². The predicted octanol–water partition coefficient (Wildman–Crippen LogP) is 5.50. The molecule has 8 heteroatoms. The molecule has 0 fully saturated rings. The molecular weight excluding hydrogens is 428 g/mol. The number of pyridine rings is 1. The van der Waals surface area contributed by atoms with Crippen LogP contribution in [-0.2, 0) is 4.74 Å². The Hall–Kier alpha value is -4.20. The summed E-state index contributed by atoms with van der Waals surface area (Å²) in [4.78, 5) is 17.3. The normalized spacial score (nSPS) is 15.4. The topological polar surface area (TPSA) is 92.5 Å². The minimum Gasteiger partial charge on any atom is -0.463 e. The van der Waals surface area contributed by atoms with Crippen LogP contribution in [0.1, 0.15) is 23.7 Å². The molecule has 0 spiro atoms. The fourth-order valence-corrected chi connectivity index (χ4v) is 3.47. The molecule has 1 aliphatic heterocycles. The predicted molar refractivity (Wildman–Crippen MR) is 138 cm³/mol. The molecule has 0 radical (unpaired) electrons. The van der Waals surface area contributed by atoms with Gasteiger partial charge in [-0.2, -0.15) is 0 Å². The summed E-state index contributed by atoms with van der Waals surface area (Å²) in [5.74, 6) is 2.11. The molecule has 0 saturated carbocycles. The van der Waals surface area contributed by atoms with Crippen LogP contribution in [0.3, 0.4) is 0 Å². The molecule has 2 aromatic carbocycles. The Morgan fingerprint density at radius 2 is 1.94 bits per heavy atom. The van der Waals surface area contributed by atoms with Gasteiger partial charge in [0.25, 0.3) is 6.02 Å². The molecule has 2 N–H and O–H groups in total.